The van der Waals surface area contributed by atoms with E-state index in [-0.39, 0.29) is 154 Å². The molecule has 0 aromatic rings. The fourth-order valence-corrected chi connectivity index (χ4v) is 3.66. The van der Waals surface area contributed by atoms with Crippen LogP contribution in [0.5, 0.6) is 0 Å². The average molecular weight is 534 g/mol. The van der Waals surface area contributed by atoms with Gasteiger partial charge < -0.3 is 58.3 Å². The Labute approximate surface area is 279 Å². The topological polar surface area (TPSA) is 269 Å². The molecule has 0 aromatic carbocycles. The molecule has 21 heteroatoms. The van der Waals surface area contributed by atoms with Gasteiger partial charge in [-0.2, -0.15) is 0 Å². The molecule has 0 bridgehead atoms. The molecule has 0 spiro atoms. The number of rotatable bonds is 6. The maximum Gasteiger partial charge on any atom is 1.00 e. The van der Waals surface area contributed by atoms with Gasteiger partial charge in [0.2, 0.25) is 0 Å². The van der Waals surface area contributed by atoms with Crippen LogP contribution in [0.1, 0.15) is 0 Å². The third kappa shape index (κ3) is 13.6. The fourth-order valence-electron chi connectivity index (χ4n) is 2.00. The second-order valence-corrected chi connectivity index (χ2v) is 8.03. The van der Waals surface area contributed by atoms with Crippen molar-refractivity contribution in [2.24, 2.45) is 0 Å². The fraction of sp³-hybridized carbons (Fsp3) is 1.00. The van der Waals surface area contributed by atoms with Gasteiger partial charge in [0.25, 0.3) is 7.82 Å². The Hall–Kier alpha value is 5.12. The van der Waals surface area contributed by atoms with E-state index < -0.39 is 60.1 Å². The van der Waals surface area contributed by atoms with E-state index in [1.54, 1.807) is 0 Å². The van der Waals surface area contributed by atoms with Crippen LogP contribution in [0, 0.1) is 0 Å². The first-order valence-electron chi connectivity index (χ1n) is 5.72. The molecular weight excluding hydrogens is 522 g/mol. The van der Waals surface area contributed by atoms with Gasteiger partial charge in [0, 0.05) is 0 Å². The first-order valence-corrected chi connectivity index (χ1v) is 10.2. The summed E-state index contributed by atoms with van der Waals surface area (Å²) in [6, 6.07) is 0. The van der Waals surface area contributed by atoms with Crippen molar-refractivity contribution in [1.29, 1.82) is 0 Å². The van der Waals surface area contributed by atoms with Crippen LogP contribution in [0.3, 0.4) is 0 Å². The Kier molecular flexibility index (Phi) is 19.7. The Morgan fingerprint density at radius 2 is 1.00 bits per heavy atom. The van der Waals surface area contributed by atoms with Crippen molar-refractivity contribution >= 4 is 23.5 Å². The van der Waals surface area contributed by atoms with E-state index in [0.29, 0.717) is 0 Å². The van der Waals surface area contributed by atoms with Gasteiger partial charge in [0.1, 0.15) is 36.6 Å². The second-order valence-electron chi connectivity index (χ2n) is 4.59. The van der Waals surface area contributed by atoms with Crippen LogP contribution in [0.4, 0.5) is 0 Å². The number of phosphoric acid groups is 3. The van der Waals surface area contributed by atoms with Crippen LogP contribution in [0.15, 0.2) is 0 Å². The summed E-state index contributed by atoms with van der Waals surface area (Å²) in [5.41, 5.74) is 0. The minimum Gasteiger partial charge on any atom is -0.790 e. The minimum atomic E-state index is -5.86. The van der Waals surface area contributed by atoms with Gasteiger partial charge in [-0.1, -0.05) is 0 Å². The molecule has 1 aliphatic carbocycles. The number of hydrogen-bond acceptors (Lipinski definition) is 12. The van der Waals surface area contributed by atoms with Gasteiger partial charge in [-0.15, -0.1) is 0 Å². The summed E-state index contributed by atoms with van der Waals surface area (Å²) < 4.78 is 43.9. The zero-order valence-electron chi connectivity index (χ0n) is 14.2. The van der Waals surface area contributed by atoms with Gasteiger partial charge >= 0.3 is 162 Å². The van der Waals surface area contributed by atoms with Gasteiger partial charge in [-0.3, -0.25) is 9.09 Å². The Morgan fingerprint density at radius 1 is 0.630 bits per heavy atom. The average Bonchev–Trinajstić information content (AvgIpc) is 2.32. The van der Waals surface area contributed by atoms with E-state index in [0.717, 1.165) is 0 Å². The van der Waals surface area contributed by atoms with Crippen molar-refractivity contribution in [3.63, 3.8) is 0 Å². The predicted molar refractivity (Wildman–Crippen MR) is 62.1 cm³/mol. The molecule has 0 saturated heterocycles. The second kappa shape index (κ2) is 14.5. The molecule has 0 aliphatic heterocycles. The van der Waals surface area contributed by atoms with Crippen molar-refractivity contribution in [2.45, 2.75) is 36.6 Å². The quantitative estimate of drug-likeness (QED) is 0.136. The normalized spacial score (nSPS) is 33.7. The Balaban J connectivity index is -0.00000192. The zero-order valence-corrected chi connectivity index (χ0v) is 26.2. The molecule has 27 heavy (non-hydrogen) atoms. The molecule has 1 saturated carbocycles. The maximum atomic E-state index is 10.9. The summed E-state index contributed by atoms with van der Waals surface area (Å²) in [6.07, 6.45) is -15.0. The molecule has 4 unspecified atom stereocenters. The molecule has 0 heterocycles. The number of hydrogen-bond donors (Lipinski definition) is 6. The van der Waals surface area contributed by atoms with E-state index in [4.69, 9.17) is 14.7 Å². The number of aliphatic hydroxyl groups excluding tert-OH is 3. The third-order valence-electron chi connectivity index (χ3n) is 2.78. The van der Waals surface area contributed by atoms with Crippen molar-refractivity contribution in [3.05, 3.63) is 0 Å². The van der Waals surface area contributed by atoms with Crippen molar-refractivity contribution in [3.8, 4) is 0 Å². The van der Waals surface area contributed by atoms with E-state index >= 15 is 0 Å². The smallest absolute Gasteiger partial charge is 0.790 e. The monoisotopic (exact) mass is 534 g/mol. The standard InChI is InChI=1S/C6H15O15P3.3K/c7-1-2(8)5(20-23(13,14)15)6(21-24(16,17)18)3(9)4(1)19-22(10,11)12;;;/h1-9H,(H2,10,11,12)(H2,13,14,15)(H2,16,17,18);;;/q;3*+1/p-3/t1-,2+,3+,4?,5?,6?;;;/m1.../s1. The summed E-state index contributed by atoms with van der Waals surface area (Å²) >= 11 is 0. The number of aliphatic hydroxyl groups is 3. The molecule has 0 radical (unpaired) electrons. The van der Waals surface area contributed by atoms with E-state index in [1.165, 1.54) is 0 Å². The first kappa shape index (κ1) is 36.7. The molecule has 0 amide bonds. The van der Waals surface area contributed by atoms with E-state index in [2.05, 4.69) is 13.6 Å². The first-order chi connectivity index (χ1) is 10.5. The van der Waals surface area contributed by atoms with Crippen LogP contribution in [0.25, 0.3) is 0 Å². The number of phosphoric ester groups is 3. The van der Waals surface area contributed by atoms with E-state index in [9.17, 15) is 43.7 Å². The minimum absolute atomic E-state index is 0. The summed E-state index contributed by atoms with van der Waals surface area (Å²) in [7, 11) is -17.0. The van der Waals surface area contributed by atoms with Gasteiger partial charge in [-0.05, 0) is 0 Å². The van der Waals surface area contributed by atoms with E-state index in [1.807, 2.05) is 0 Å². The van der Waals surface area contributed by atoms with Crippen LogP contribution in [-0.2, 0) is 27.3 Å². The summed E-state index contributed by atoms with van der Waals surface area (Å²) in [4.78, 5) is 58.0. The van der Waals surface area contributed by atoms with Crippen LogP contribution in [0.2, 0.25) is 0 Å². The third-order valence-corrected chi connectivity index (χ3v) is 4.31. The van der Waals surface area contributed by atoms with Crippen LogP contribution >= 0.6 is 23.5 Å². The molecular formula is C6H12K3O15P3. The summed E-state index contributed by atoms with van der Waals surface area (Å²) in [5.74, 6) is 0. The molecule has 1 rings (SSSR count). The predicted octanol–water partition coefficient (Wildman–Crippen LogP) is -14.4. The molecule has 6 N–H and O–H groups in total. The van der Waals surface area contributed by atoms with Crippen LogP contribution in [-0.4, -0.2) is 66.6 Å². The molecule has 144 valence electrons. The van der Waals surface area contributed by atoms with Crippen molar-refractivity contribution in [2.75, 3.05) is 0 Å². The van der Waals surface area contributed by atoms with Gasteiger partial charge in [0.05, 0.1) is 7.82 Å². The summed E-state index contributed by atoms with van der Waals surface area (Å²) in [5, 5.41) is 29.1. The Morgan fingerprint density at radius 3 is 1.33 bits per heavy atom. The Bertz CT molecular complexity index is 587. The molecule has 7 atom stereocenters. The largest absolute Gasteiger partial charge is 1.00 e. The van der Waals surface area contributed by atoms with Crippen molar-refractivity contribution < 1.29 is 226 Å². The molecule has 1 fully saturated rings. The molecule has 15 nitrogen and oxygen atoms in total. The van der Waals surface area contributed by atoms with Gasteiger partial charge in [0.15, 0.2) is 0 Å². The maximum absolute atomic E-state index is 10.9. The molecule has 1 aliphatic rings. The zero-order chi connectivity index (χ0) is 19.1. The van der Waals surface area contributed by atoms with Crippen LogP contribution < -0.4 is 169 Å². The van der Waals surface area contributed by atoms with Gasteiger partial charge in [-0.25, -0.2) is 4.57 Å². The van der Waals surface area contributed by atoms with Crippen molar-refractivity contribution in [1.82, 2.24) is 0 Å². The SMILES string of the molecule is O=P([O-])([O-])OC1[C@H](O)C(OP(=O)(O)O)C(OP(=O)([O-])O)[C@@H](O)[C@H]1O.[K+].[K+].[K+]. The molecule has 0 aromatic heterocycles. The summed E-state index contributed by atoms with van der Waals surface area (Å²) in [6.45, 7) is 0.